The van der Waals surface area contributed by atoms with Crippen LogP contribution in [0.25, 0.3) is 0 Å². The summed E-state index contributed by atoms with van der Waals surface area (Å²) in [7, 11) is 0. The van der Waals surface area contributed by atoms with Gasteiger partial charge in [-0.05, 0) is 55.0 Å². The molecule has 196 valence electrons. The quantitative estimate of drug-likeness (QED) is 0.0610. The van der Waals surface area contributed by atoms with Gasteiger partial charge in [-0.3, -0.25) is 32.3 Å². The third-order valence-corrected chi connectivity index (χ3v) is 6.69. The molecule has 2 rings (SSSR count). The Hall–Kier alpha value is -2.80. The van der Waals surface area contributed by atoms with Gasteiger partial charge in [-0.1, -0.05) is 66.1 Å². The molecule has 0 spiro atoms. The van der Waals surface area contributed by atoms with E-state index in [9.17, 15) is 0 Å². The van der Waals surface area contributed by atoms with Gasteiger partial charge in [-0.25, -0.2) is 0 Å². The second-order valence-corrected chi connectivity index (χ2v) is 9.65. The van der Waals surface area contributed by atoms with E-state index in [0.717, 1.165) is 52.9 Å². The molecule has 10 N–H and O–H groups in total. The van der Waals surface area contributed by atoms with Crippen LogP contribution >= 0.6 is 34.2 Å². The highest BCUT2D eigenvalue weighted by atomic mass is 127. The summed E-state index contributed by atoms with van der Waals surface area (Å²) in [6.45, 7) is 3.32. The van der Waals surface area contributed by atoms with Crippen LogP contribution < -0.4 is 31.9 Å². The number of nitrogens with one attached hydrogen (secondary N) is 10. The standard InChI is InChI=1S/C24H36ClIN10/c1-16-14-19(10-11-20(16)25)34-24(30)36-22(28)32-13-5-3-2-4-12-31-21(27)35-23(29)33-18-8-6-17(15-26)7-9-18/h6-11,16H,2-5,12-15H2,1H3,(H5,27,29,31,33,35)(H5,28,30,32,34,36)/t16-/m0/s1. The molecule has 1 atom stereocenters. The van der Waals surface area contributed by atoms with Crippen LogP contribution in [0.4, 0.5) is 5.69 Å². The van der Waals surface area contributed by atoms with Gasteiger partial charge < -0.3 is 21.3 Å². The summed E-state index contributed by atoms with van der Waals surface area (Å²) in [5, 5.41) is 49.8. The molecule has 12 heteroatoms. The van der Waals surface area contributed by atoms with E-state index in [1.807, 2.05) is 43.3 Å². The number of anilines is 1. The molecule has 10 nitrogen and oxygen atoms in total. The molecule has 36 heavy (non-hydrogen) atoms. The minimum atomic E-state index is 0.0476. The van der Waals surface area contributed by atoms with Crippen molar-refractivity contribution in [2.45, 2.75) is 43.5 Å². The maximum Gasteiger partial charge on any atom is 0.199 e. The smallest absolute Gasteiger partial charge is 0.199 e. The van der Waals surface area contributed by atoms with Gasteiger partial charge >= 0.3 is 0 Å². The normalized spacial score (nSPS) is 14.6. The summed E-state index contributed by atoms with van der Waals surface area (Å²) < 4.78 is 0.941. The molecular formula is C24H36ClIN10. The lowest BCUT2D eigenvalue weighted by Crippen LogP contribution is -2.46. The van der Waals surface area contributed by atoms with Crippen molar-refractivity contribution in [1.29, 1.82) is 21.6 Å². The van der Waals surface area contributed by atoms with Gasteiger partial charge in [0.2, 0.25) is 0 Å². The zero-order chi connectivity index (χ0) is 26.3. The summed E-state index contributed by atoms with van der Waals surface area (Å²) in [4.78, 5) is 0. The van der Waals surface area contributed by atoms with Gasteiger partial charge in [0.1, 0.15) is 0 Å². The van der Waals surface area contributed by atoms with Gasteiger partial charge in [-0.2, -0.15) is 0 Å². The Bertz CT molecular complexity index is 974. The number of rotatable bonds is 10. The van der Waals surface area contributed by atoms with Crippen LogP contribution in [0.5, 0.6) is 0 Å². The lowest BCUT2D eigenvalue weighted by atomic mass is 10.0. The molecular weight excluding hydrogens is 591 g/mol. The van der Waals surface area contributed by atoms with E-state index in [1.54, 1.807) is 0 Å². The van der Waals surface area contributed by atoms with Gasteiger partial charge in [0.05, 0.1) is 0 Å². The Labute approximate surface area is 231 Å². The van der Waals surface area contributed by atoms with E-state index in [0.29, 0.717) is 13.1 Å². The lowest BCUT2D eigenvalue weighted by Gasteiger charge is -2.20. The molecule has 0 bridgehead atoms. The second kappa shape index (κ2) is 16.0. The van der Waals surface area contributed by atoms with Gasteiger partial charge in [0.15, 0.2) is 23.8 Å². The van der Waals surface area contributed by atoms with E-state index >= 15 is 0 Å². The maximum atomic E-state index is 7.97. The molecule has 1 aliphatic carbocycles. The molecule has 0 saturated carbocycles. The monoisotopic (exact) mass is 626 g/mol. The largest absolute Gasteiger partial charge is 0.356 e. The van der Waals surface area contributed by atoms with Crippen LogP contribution in [-0.4, -0.2) is 36.9 Å². The van der Waals surface area contributed by atoms with Crippen LogP contribution in [0.1, 0.15) is 44.6 Å². The lowest BCUT2D eigenvalue weighted by molar-refractivity contribution is 0.619. The van der Waals surface area contributed by atoms with E-state index in [4.69, 9.17) is 33.2 Å². The van der Waals surface area contributed by atoms with Gasteiger partial charge in [0, 0.05) is 33.9 Å². The second-order valence-electron chi connectivity index (χ2n) is 8.45. The average molecular weight is 627 g/mol. The van der Waals surface area contributed by atoms with Crippen molar-refractivity contribution in [1.82, 2.24) is 26.6 Å². The number of alkyl halides is 1. The average Bonchev–Trinajstić information content (AvgIpc) is 2.83. The topological polar surface area (TPSA) is 168 Å². The van der Waals surface area contributed by atoms with E-state index in [-0.39, 0.29) is 29.8 Å². The van der Waals surface area contributed by atoms with Crippen LogP contribution in [0.15, 0.2) is 47.1 Å². The third kappa shape index (κ3) is 11.8. The van der Waals surface area contributed by atoms with Crippen LogP contribution in [0.3, 0.4) is 0 Å². The Morgan fingerprint density at radius 1 is 0.833 bits per heavy atom. The minimum Gasteiger partial charge on any atom is -0.356 e. The van der Waals surface area contributed by atoms with Crippen molar-refractivity contribution in [2.24, 2.45) is 5.92 Å². The molecule has 0 amide bonds. The van der Waals surface area contributed by atoms with Crippen LogP contribution in [-0.2, 0) is 4.43 Å². The van der Waals surface area contributed by atoms with E-state index in [1.165, 1.54) is 5.56 Å². The van der Waals surface area contributed by atoms with E-state index < -0.39 is 0 Å². The first kappa shape index (κ1) is 29.4. The van der Waals surface area contributed by atoms with Gasteiger partial charge in [0.25, 0.3) is 0 Å². The van der Waals surface area contributed by atoms with Gasteiger partial charge in [-0.15, -0.1) is 0 Å². The molecule has 1 aliphatic rings. The van der Waals surface area contributed by atoms with E-state index in [2.05, 4.69) is 54.5 Å². The Balaban J connectivity index is 1.46. The zero-order valence-electron chi connectivity index (χ0n) is 20.5. The minimum absolute atomic E-state index is 0.0476. The number of allylic oxidation sites excluding steroid dienone is 4. The number of hydrogen-bond donors (Lipinski definition) is 10. The molecule has 0 heterocycles. The van der Waals surface area contributed by atoms with Crippen molar-refractivity contribution in [3.8, 4) is 0 Å². The number of halogens is 2. The highest BCUT2D eigenvalue weighted by molar-refractivity contribution is 14.1. The highest BCUT2D eigenvalue weighted by Crippen LogP contribution is 2.25. The molecule has 1 aromatic rings. The summed E-state index contributed by atoms with van der Waals surface area (Å²) in [5.74, 6) is 0.499. The maximum absolute atomic E-state index is 7.97. The molecule has 0 aromatic heterocycles. The highest BCUT2D eigenvalue weighted by Gasteiger charge is 2.14. The summed E-state index contributed by atoms with van der Waals surface area (Å²) in [6, 6.07) is 7.85. The third-order valence-electron chi connectivity index (χ3n) is 5.31. The number of hydrogen-bond acceptors (Lipinski definition) is 4. The number of unbranched alkanes of at least 4 members (excludes halogenated alkanes) is 3. The fraction of sp³-hybridized carbons (Fsp3) is 0.417. The SMILES string of the molecule is C[C@H]1CC(NC(=N)NC(=N)NCCCCCCNC(=N)NC(=N)Nc2ccc(CI)cc2)=CC=C1Cl. The van der Waals surface area contributed by atoms with Crippen LogP contribution in [0.2, 0.25) is 0 Å². The molecule has 0 aliphatic heterocycles. The van der Waals surface area contributed by atoms with Crippen molar-refractivity contribution >= 4 is 63.7 Å². The Morgan fingerprint density at radius 2 is 1.39 bits per heavy atom. The molecule has 1 aromatic carbocycles. The fourth-order valence-electron chi connectivity index (χ4n) is 3.35. The fourth-order valence-corrected chi connectivity index (χ4v) is 3.99. The zero-order valence-corrected chi connectivity index (χ0v) is 23.4. The van der Waals surface area contributed by atoms with Crippen molar-refractivity contribution < 1.29 is 0 Å². The molecule has 0 saturated heterocycles. The Kier molecular flexibility index (Phi) is 13.1. The van der Waals surface area contributed by atoms with Crippen molar-refractivity contribution in [3.05, 3.63) is 52.7 Å². The first-order valence-corrected chi connectivity index (χ1v) is 13.8. The van der Waals surface area contributed by atoms with Crippen molar-refractivity contribution in [3.63, 3.8) is 0 Å². The molecule has 0 fully saturated rings. The summed E-state index contributed by atoms with van der Waals surface area (Å²) in [6.07, 6.45) is 8.20. The van der Waals surface area contributed by atoms with Crippen LogP contribution in [0, 0.1) is 27.6 Å². The summed E-state index contributed by atoms with van der Waals surface area (Å²) in [5.41, 5.74) is 2.92. The first-order valence-electron chi connectivity index (χ1n) is 11.9. The van der Waals surface area contributed by atoms with Crippen molar-refractivity contribution in [2.75, 3.05) is 18.4 Å². The molecule has 0 unspecified atom stereocenters. The Morgan fingerprint density at radius 3 is 1.92 bits per heavy atom. The molecule has 0 radical (unpaired) electrons. The summed E-state index contributed by atoms with van der Waals surface area (Å²) >= 11 is 8.38. The number of guanidine groups is 4. The predicted octanol–water partition coefficient (Wildman–Crippen LogP) is 4.33. The predicted molar refractivity (Wildman–Crippen MR) is 158 cm³/mol. The number of benzene rings is 1. The first-order chi connectivity index (χ1) is 17.3.